The average molecular weight is 351 g/mol. The van der Waals surface area contributed by atoms with Crippen LogP contribution in [0.2, 0.25) is 0 Å². The van der Waals surface area contributed by atoms with E-state index in [1.165, 1.54) is 4.90 Å². The van der Waals surface area contributed by atoms with Crippen LogP contribution < -0.4 is 10.2 Å². The number of piperidine rings is 1. The number of nitrogens with zero attached hydrogens (tertiary/aromatic N) is 4. The van der Waals surface area contributed by atoms with Crippen LogP contribution >= 0.6 is 0 Å². The number of aromatic nitrogens is 2. The summed E-state index contributed by atoms with van der Waals surface area (Å²) in [5, 5.41) is 2.34. The number of carbonyl (C=O) groups is 2. The van der Waals surface area contributed by atoms with E-state index < -0.39 is 6.03 Å². The molecule has 2 saturated heterocycles. The lowest BCUT2D eigenvalue weighted by molar-refractivity contribution is -0.120. The van der Waals surface area contributed by atoms with Crippen LogP contribution in [-0.2, 0) is 4.79 Å². The molecule has 2 aromatic heterocycles. The maximum Gasteiger partial charge on any atom is 0.329 e. The number of hydrogen-bond acceptors (Lipinski definition) is 4. The van der Waals surface area contributed by atoms with Gasteiger partial charge in [-0.15, -0.1) is 0 Å². The van der Waals surface area contributed by atoms with Gasteiger partial charge in [-0.2, -0.15) is 0 Å². The van der Waals surface area contributed by atoms with Crippen molar-refractivity contribution >= 4 is 23.4 Å². The Morgan fingerprint density at radius 2 is 2.04 bits per heavy atom. The van der Waals surface area contributed by atoms with E-state index in [1.807, 2.05) is 22.7 Å². The van der Waals surface area contributed by atoms with Gasteiger partial charge in [-0.05, 0) is 45.1 Å². The standard InChI is InChI=1S/C19H21N5O2/c1-22-10-6-14(7-11-22)4-5-15-3-2-9-23-17(13-20-18(15)23)24-12-8-16(25)21-19(24)26/h2-3,9,13-14H,6-8,10-12H2,1H3,(H,21,25,26). The van der Waals surface area contributed by atoms with Gasteiger partial charge in [0.15, 0.2) is 5.65 Å². The minimum Gasteiger partial charge on any atom is -0.306 e. The molecule has 2 aliphatic heterocycles. The van der Waals surface area contributed by atoms with Crippen LogP contribution in [0.25, 0.3) is 5.65 Å². The number of urea groups is 1. The molecule has 0 aromatic carbocycles. The van der Waals surface area contributed by atoms with Gasteiger partial charge in [0.1, 0.15) is 5.82 Å². The number of rotatable bonds is 1. The lowest BCUT2D eigenvalue weighted by Crippen LogP contribution is -2.50. The molecule has 0 radical (unpaired) electrons. The second-order valence-corrected chi connectivity index (χ2v) is 6.83. The smallest absolute Gasteiger partial charge is 0.306 e. The van der Waals surface area contributed by atoms with Crippen molar-refractivity contribution in [3.05, 3.63) is 30.1 Å². The summed E-state index contributed by atoms with van der Waals surface area (Å²) in [7, 11) is 2.14. The fraction of sp³-hybridized carbons (Fsp3) is 0.421. The SMILES string of the molecule is CN1CCC(C#Cc2cccn3c(N4CCC(=O)NC4=O)cnc23)CC1. The number of fused-ring (bicyclic) bond motifs is 1. The molecule has 7 nitrogen and oxygen atoms in total. The second kappa shape index (κ2) is 6.81. The number of likely N-dealkylation sites (tertiary alicyclic amines) is 1. The van der Waals surface area contributed by atoms with E-state index in [0.717, 1.165) is 37.1 Å². The first-order valence-corrected chi connectivity index (χ1v) is 8.89. The van der Waals surface area contributed by atoms with Crippen LogP contribution in [0, 0.1) is 17.8 Å². The van der Waals surface area contributed by atoms with Crippen molar-refractivity contribution in [2.75, 3.05) is 31.6 Å². The maximum absolute atomic E-state index is 12.1. The van der Waals surface area contributed by atoms with Gasteiger partial charge in [0.05, 0.1) is 11.8 Å². The zero-order valence-corrected chi connectivity index (χ0v) is 14.7. The normalized spacial score (nSPS) is 19.3. The Bertz CT molecular complexity index is 915. The Hall–Kier alpha value is -2.85. The van der Waals surface area contributed by atoms with Crippen molar-refractivity contribution in [3.8, 4) is 11.8 Å². The van der Waals surface area contributed by atoms with Crippen molar-refractivity contribution in [2.24, 2.45) is 5.92 Å². The van der Waals surface area contributed by atoms with E-state index in [9.17, 15) is 9.59 Å². The first-order valence-electron chi connectivity index (χ1n) is 8.89. The summed E-state index contributed by atoms with van der Waals surface area (Å²) in [5.41, 5.74) is 1.58. The van der Waals surface area contributed by atoms with Crippen LogP contribution in [0.3, 0.4) is 0 Å². The summed E-state index contributed by atoms with van der Waals surface area (Å²) >= 11 is 0. The molecule has 7 heteroatoms. The average Bonchev–Trinajstić information content (AvgIpc) is 3.06. The quantitative estimate of drug-likeness (QED) is 0.790. The zero-order chi connectivity index (χ0) is 18.1. The molecule has 4 rings (SSSR count). The van der Waals surface area contributed by atoms with Crippen LogP contribution in [-0.4, -0.2) is 52.9 Å². The molecule has 3 amide bonds. The van der Waals surface area contributed by atoms with E-state index in [2.05, 4.69) is 34.1 Å². The van der Waals surface area contributed by atoms with Crippen molar-refractivity contribution < 1.29 is 9.59 Å². The minimum absolute atomic E-state index is 0.246. The topological polar surface area (TPSA) is 70.0 Å². The summed E-state index contributed by atoms with van der Waals surface area (Å²) in [6.07, 6.45) is 5.99. The molecular formula is C19H21N5O2. The highest BCUT2D eigenvalue weighted by Gasteiger charge is 2.26. The van der Waals surface area contributed by atoms with Gasteiger partial charge < -0.3 is 4.90 Å². The third-order valence-electron chi connectivity index (χ3n) is 4.98. The molecule has 0 spiro atoms. The molecule has 0 atom stereocenters. The number of imidazole rings is 1. The fourth-order valence-corrected chi connectivity index (χ4v) is 3.41. The number of nitrogens with one attached hydrogen (secondary N) is 1. The third-order valence-corrected chi connectivity index (χ3v) is 4.98. The number of hydrogen-bond donors (Lipinski definition) is 1. The predicted octanol–water partition coefficient (Wildman–Crippen LogP) is 1.47. The van der Waals surface area contributed by atoms with Gasteiger partial charge in [0, 0.05) is 25.1 Å². The summed E-state index contributed by atoms with van der Waals surface area (Å²) in [5.74, 6) is 7.49. The summed E-state index contributed by atoms with van der Waals surface area (Å²) < 4.78 is 1.86. The molecule has 2 fully saturated rings. The minimum atomic E-state index is -0.411. The lowest BCUT2D eigenvalue weighted by atomic mass is 9.97. The Morgan fingerprint density at radius 3 is 2.81 bits per heavy atom. The Balaban J connectivity index is 1.62. The second-order valence-electron chi connectivity index (χ2n) is 6.83. The van der Waals surface area contributed by atoms with Gasteiger partial charge in [0.2, 0.25) is 5.91 Å². The molecule has 4 heterocycles. The highest BCUT2D eigenvalue weighted by molar-refractivity contribution is 6.05. The molecule has 26 heavy (non-hydrogen) atoms. The van der Waals surface area contributed by atoms with E-state index in [-0.39, 0.29) is 12.3 Å². The number of anilines is 1. The third kappa shape index (κ3) is 3.16. The lowest BCUT2D eigenvalue weighted by Gasteiger charge is -2.25. The van der Waals surface area contributed by atoms with Crippen molar-refractivity contribution in [3.63, 3.8) is 0 Å². The monoisotopic (exact) mass is 351 g/mol. The Kier molecular flexibility index (Phi) is 4.35. The van der Waals surface area contributed by atoms with Crippen molar-refractivity contribution in [1.29, 1.82) is 0 Å². The Labute approximate surface area is 152 Å². The molecule has 0 unspecified atom stereocenters. The number of carbonyl (C=O) groups excluding carboxylic acids is 2. The van der Waals surface area contributed by atoms with Gasteiger partial charge in [0.25, 0.3) is 0 Å². The predicted molar refractivity (Wildman–Crippen MR) is 97.8 cm³/mol. The zero-order valence-electron chi connectivity index (χ0n) is 14.7. The van der Waals surface area contributed by atoms with E-state index in [0.29, 0.717) is 18.3 Å². The van der Waals surface area contributed by atoms with Crippen LogP contribution in [0.15, 0.2) is 24.5 Å². The summed E-state index contributed by atoms with van der Waals surface area (Å²) in [4.78, 5) is 31.8. The Morgan fingerprint density at radius 1 is 1.23 bits per heavy atom. The summed E-state index contributed by atoms with van der Waals surface area (Å²) in [6.45, 7) is 2.52. The molecule has 2 aromatic rings. The first-order chi connectivity index (χ1) is 12.6. The van der Waals surface area contributed by atoms with Crippen LogP contribution in [0.4, 0.5) is 10.6 Å². The molecule has 134 valence electrons. The molecule has 2 aliphatic rings. The molecule has 0 aliphatic carbocycles. The van der Waals surface area contributed by atoms with Gasteiger partial charge in [-0.1, -0.05) is 11.8 Å². The van der Waals surface area contributed by atoms with E-state index >= 15 is 0 Å². The summed E-state index contributed by atoms with van der Waals surface area (Å²) in [6, 6.07) is 3.45. The number of pyridine rings is 1. The number of imide groups is 1. The fourth-order valence-electron chi connectivity index (χ4n) is 3.41. The van der Waals surface area contributed by atoms with E-state index in [1.54, 1.807) is 6.20 Å². The first kappa shape index (κ1) is 16.6. The van der Waals surface area contributed by atoms with Crippen LogP contribution in [0.5, 0.6) is 0 Å². The molecule has 1 N–H and O–H groups in total. The van der Waals surface area contributed by atoms with Gasteiger partial charge in [-0.3, -0.25) is 19.4 Å². The molecule has 0 bridgehead atoms. The van der Waals surface area contributed by atoms with Crippen molar-refractivity contribution in [2.45, 2.75) is 19.3 Å². The number of amides is 3. The molecular weight excluding hydrogens is 330 g/mol. The van der Waals surface area contributed by atoms with Gasteiger partial charge in [-0.25, -0.2) is 9.78 Å². The maximum atomic E-state index is 12.1. The largest absolute Gasteiger partial charge is 0.329 e. The van der Waals surface area contributed by atoms with Gasteiger partial charge >= 0.3 is 6.03 Å². The van der Waals surface area contributed by atoms with Crippen LogP contribution in [0.1, 0.15) is 24.8 Å². The van der Waals surface area contributed by atoms with Crippen molar-refractivity contribution in [1.82, 2.24) is 19.6 Å². The molecule has 0 saturated carbocycles. The highest BCUT2D eigenvalue weighted by atomic mass is 16.2. The highest BCUT2D eigenvalue weighted by Crippen LogP contribution is 2.21. The van der Waals surface area contributed by atoms with E-state index in [4.69, 9.17) is 0 Å².